The van der Waals surface area contributed by atoms with Gasteiger partial charge < -0.3 is 9.42 Å². The van der Waals surface area contributed by atoms with E-state index in [0.29, 0.717) is 11.8 Å². The average molecular weight is 290 g/mol. The maximum absolute atomic E-state index is 12.1. The molecule has 1 aromatic heterocycles. The number of hydrogen-bond donors (Lipinski definition) is 0. The number of rotatable bonds is 3. The van der Waals surface area contributed by atoms with E-state index in [1.54, 1.807) is 0 Å². The van der Waals surface area contributed by atoms with E-state index in [1.807, 2.05) is 4.90 Å². The maximum atomic E-state index is 12.1. The van der Waals surface area contributed by atoms with Crippen molar-refractivity contribution >= 4 is 5.91 Å². The lowest BCUT2D eigenvalue weighted by Gasteiger charge is -2.41. The lowest BCUT2D eigenvalue weighted by molar-refractivity contribution is -0.142. The standard InChI is InChI=1S/C15H22N4O2/c1-18-7-3-6-12(18)14-16-13(17-21-14)11-8-19(9-11)15(20)10-4-2-5-10/h10-12H,2-9H2,1H3. The summed E-state index contributed by atoms with van der Waals surface area (Å²) in [6, 6.07) is 0.277. The summed E-state index contributed by atoms with van der Waals surface area (Å²) >= 11 is 0. The molecule has 1 saturated carbocycles. The first-order valence-electron chi connectivity index (χ1n) is 8.05. The molecule has 0 radical (unpaired) electrons. The van der Waals surface area contributed by atoms with Crippen LogP contribution >= 0.6 is 0 Å². The van der Waals surface area contributed by atoms with Crippen molar-refractivity contribution in [3.63, 3.8) is 0 Å². The Morgan fingerprint density at radius 2 is 2.05 bits per heavy atom. The summed E-state index contributed by atoms with van der Waals surface area (Å²) in [6.45, 7) is 2.61. The molecule has 3 fully saturated rings. The van der Waals surface area contributed by atoms with Crippen LogP contribution in [0.1, 0.15) is 55.8 Å². The zero-order valence-corrected chi connectivity index (χ0v) is 12.5. The second kappa shape index (κ2) is 5.09. The van der Waals surface area contributed by atoms with E-state index in [4.69, 9.17) is 4.52 Å². The fourth-order valence-electron chi connectivity index (χ4n) is 3.51. The van der Waals surface area contributed by atoms with Gasteiger partial charge in [0, 0.05) is 19.0 Å². The fraction of sp³-hybridized carbons (Fsp3) is 0.800. The van der Waals surface area contributed by atoms with Crippen LogP contribution in [0.15, 0.2) is 4.52 Å². The van der Waals surface area contributed by atoms with Crippen molar-refractivity contribution in [1.82, 2.24) is 19.9 Å². The molecule has 6 heteroatoms. The van der Waals surface area contributed by atoms with Crippen molar-refractivity contribution in [3.8, 4) is 0 Å². The maximum Gasteiger partial charge on any atom is 0.243 e. The Morgan fingerprint density at radius 1 is 1.24 bits per heavy atom. The number of carbonyl (C=O) groups is 1. The molecule has 0 N–H and O–H groups in total. The van der Waals surface area contributed by atoms with E-state index in [0.717, 1.165) is 50.6 Å². The Bertz CT molecular complexity index is 534. The lowest BCUT2D eigenvalue weighted by atomic mass is 9.83. The normalized spacial score (nSPS) is 27.7. The monoisotopic (exact) mass is 290 g/mol. The third-order valence-electron chi connectivity index (χ3n) is 5.28. The largest absolute Gasteiger partial charge is 0.341 e. The van der Waals surface area contributed by atoms with E-state index in [-0.39, 0.29) is 12.0 Å². The van der Waals surface area contributed by atoms with Crippen LogP contribution in [-0.4, -0.2) is 52.5 Å². The van der Waals surface area contributed by atoms with Gasteiger partial charge >= 0.3 is 0 Å². The van der Waals surface area contributed by atoms with Crippen LogP contribution < -0.4 is 0 Å². The third-order valence-corrected chi connectivity index (χ3v) is 5.28. The zero-order chi connectivity index (χ0) is 14.4. The van der Waals surface area contributed by atoms with Gasteiger partial charge in [0.25, 0.3) is 0 Å². The van der Waals surface area contributed by atoms with Gasteiger partial charge in [-0.3, -0.25) is 9.69 Å². The van der Waals surface area contributed by atoms with Crippen molar-refractivity contribution in [1.29, 1.82) is 0 Å². The Balaban J connectivity index is 1.36. The van der Waals surface area contributed by atoms with Crippen molar-refractivity contribution < 1.29 is 9.32 Å². The van der Waals surface area contributed by atoms with E-state index < -0.39 is 0 Å². The SMILES string of the molecule is CN1CCCC1c1nc(C2CN(C(=O)C3CCC3)C2)no1. The molecule has 1 aromatic rings. The van der Waals surface area contributed by atoms with E-state index in [2.05, 4.69) is 22.1 Å². The average Bonchev–Trinajstić information content (AvgIpc) is 2.93. The topological polar surface area (TPSA) is 62.5 Å². The number of carbonyl (C=O) groups excluding carboxylic acids is 1. The molecular formula is C15H22N4O2. The first kappa shape index (κ1) is 13.2. The van der Waals surface area contributed by atoms with Gasteiger partial charge in [0.2, 0.25) is 11.8 Å². The molecule has 0 spiro atoms. The smallest absolute Gasteiger partial charge is 0.243 e. The lowest BCUT2D eigenvalue weighted by Crippen LogP contribution is -2.52. The highest BCUT2D eigenvalue weighted by molar-refractivity contribution is 5.80. The minimum absolute atomic E-state index is 0.262. The second-order valence-corrected chi connectivity index (χ2v) is 6.70. The molecule has 4 rings (SSSR count). The molecule has 1 amide bonds. The zero-order valence-electron chi connectivity index (χ0n) is 12.5. The molecule has 2 aliphatic heterocycles. The highest BCUT2D eigenvalue weighted by atomic mass is 16.5. The number of likely N-dealkylation sites (tertiary alicyclic amines) is 2. The van der Waals surface area contributed by atoms with E-state index in [9.17, 15) is 4.79 Å². The molecular weight excluding hydrogens is 268 g/mol. The van der Waals surface area contributed by atoms with Gasteiger partial charge in [-0.1, -0.05) is 11.6 Å². The first-order chi connectivity index (χ1) is 10.2. The summed E-state index contributed by atoms with van der Waals surface area (Å²) in [5, 5.41) is 4.14. The molecule has 0 bridgehead atoms. The molecule has 3 aliphatic rings. The van der Waals surface area contributed by atoms with Gasteiger partial charge in [-0.05, 0) is 39.3 Å². The van der Waals surface area contributed by atoms with E-state index in [1.165, 1.54) is 12.8 Å². The number of hydrogen-bond acceptors (Lipinski definition) is 5. The van der Waals surface area contributed by atoms with Gasteiger partial charge in [0.15, 0.2) is 5.82 Å². The quantitative estimate of drug-likeness (QED) is 0.845. The Labute approximate surface area is 124 Å². The van der Waals surface area contributed by atoms with Crippen LogP contribution in [0.4, 0.5) is 0 Å². The fourth-order valence-corrected chi connectivity index (χ4v) is 3.51. The van der Waals surface area contributed by atoms with Crippen molar-refractivity contribution in [3.05, 3.63) is 11.7 Å². The van der Waals surface area contributed by atoms with Gasteiger partial charge in [0.05, 0.1) is 12.0 Å². The molecule has 3 heterocycles. The van der Waals surface area contributed by atoms with Crippen LogP contribution in [0.5, 0.6) is 0 Å². The second-order valence-electron chi connectivity index (χ2n) is 6.70. The predicted octanol–water partition coefficient (Wildman–Crippen LogP) is 1.56. The summed E-state index contributed by atoms with van der Waals surface area (Å²) in [6.07, 6.45) is 5.62. The summed E-state index contributed by atoms with van der Waals surface area (Å²) in [4.78, 5) is 20.9. The minimum atomic E-state index is 0.262. The molecule has 1 unspecified atom stereocenters. The van der Waals surface area contributed by atoms with Crippen molar-refractivity contribution in [2.45, 2.75) is 44.1 Å². The van der Waals surface area contributed by atoms with Crippen LogP contribution in [0, 0.1) is 5.92 Å². The van der Waals surface area contributed by atoms with E-state index >= 15 is 0 Å². The molecule has 2 saturated heterocycles. The summed E-state index contributed by atoms with van der Waals surface area (Å²) in [5.74, 6) is 2.41. The van der Waals surface area contributed by atoms with Gasteiger partial charge in [-0.15, -0.1) is 0 Å². The molecule has 1 aliphatic carbocycles. The number of aromatic nitrogens is 2. The molecule has 114 valence electrons. The predicted molar refractivity (Wildman–Crippen MR) is 75.6 cm³/mol. The van der Waals surface area contributed by atoms with Gasteiger partial charge in [0.1, 0.15) is 0 Å². The van der Waals surface area contributed by atoms with Gasteiger partial charge in [-0.2, -0.15) is 4.98 Å². The number of nitrogens with zero attached hydrogens (tertiary/aromatic N) is 4. The summed E-state index contributed by atoms with van der Waals surface area (Å²) in [7, 11) is 2.10. The minimum Gasteiger partial charge on any atom is -0.341 e. The van der Waals surface area contributed by atoms with Crippen LogP contribution in [0.3, 0.4) is 0 Å². The van der Waals surface area contributed by atoms with Crippen LogP contribution in [0.25, 0.3) is 0 Å². The van der Waals surface area contributed by atoms with Crippen LogP contribution in [0.2, 0.25) is 0 Å². The van der Waals surface area contributed by atoms with Crippen LogP contribution in [-0.2, 0) is 4.79 Å². The highest BCUT2D eigenvalue weighted by Gasteiger charge is 2.39. The molecule has 21 heavy (non-hydrogen) atoms. The van der Waals surface area contributed by atoms with Crippen molar-refractivity contribution in [2.75, 3.05) is 26.7 Å². The first-order valence-corrected chi connectivity index (χ1v) is 8.05. The summed E-state index contributed by atoms with van der Waals surface area (Å²) in [5.41, 5.74) is 0. The summed E-state index contributed by atoms with van der Waals surface area (Å²) < 4.78 is 5.45. The highest BCUT2D eigenvalue weighted by Crippen LogP contribution is 2.34. The Kier molecular flexibility index (Phi) is 3.21. The van der Waals surface area contributed by atoms with Crippen molar-refractivity contribution in [2.24, 2.45) is 5.92 Å². The van der Waals surface area contributed by atoms with Gasteiger partial charge in [-0.25, -0.2) is 0 Å². The Hall–Kier alpha value is -1.43. The number of amides is 1. The molecule has 6 nitrogen and oxygen atoms in total. The molecule has 0 aromatic carbocycles. The Morgan fingerprint density at radius 3 is 2.67 bits per heavy atom. The molecule has 1 atom stereocenters. The third kappa shape index (κ3) is 2.25.